The van der Waals surface area contributed by atoms with Crippen molar-refractivity contribution in [3.8, 4) is 11.5 Å². The summed E-state index contributed by atoms with van der Waals surface area (Å²) in [5, 5.41) is 9.92. The van der Waals surface area contributed by atoms with Crippen LogP contribution in [0.2, 0.25) is 0 Å². The van der Waals surface area contributed by atoms with Crippen LogP contribution in [0.15, 0.2) is 94.2 Å². The zero-order chi connectivity index (χ0) is 24.0. The van der Waals surface area contributed by atoms with Gasteiger partial charge in [0.1, 0.15) is 0 Å². The van der Waals surface area contributed by atoms with Crippen molar-refractivity contribution in [1.82, 2.24) is 10.2 Å². The van der Waals surface area contributed by atoms with E-state index >= 15 is 0 Å². The lowest BCUT2D eigenvalue weighted by Gasteiger charge is -2.09. The van der Waals surface area contributed by atoms with Crippen molar-refractivity contribution < 1.29 is 27.2 Å². The molecular weight excluding hydrogens is 460 g/mol. The fourth-order valence-electron chi connectivity index (χ4n) is 2.83. The molecule has 0 aliphatic rings. The molecule has 4 rings (SSSR count). The van der Waals surface area contributed by atoms with Crippen molar-refractivity contribution in [3.63, 3.8) is 0 Å². The standard InChI is InChI=1S/C23H18N4O6S/c28-20(24-23-26-25-21(33-23)16-7-3-1-4-8-16)15-32-22(29)17-11-13-19(14-12-17)34(30,31)27-18-9-5-2-6-10-18/h1-14,27H,15H2,(H,24,26,28). The van der Waals surface area contributed by atoms with E-state index in [4.69, 9.17) is 9.15 Å². The number of nitrogens with zero attached hydrogens (tertiary/aromatic N) is 2. The molecule has 1 heterocycles. The van der Waals surface area contributed by atoms with Gasteiger partial charge in [0.15, 0.2) is 6.61 Å². The molecule has 0 radical (unpaired) electrons. The number of rotatable bonds is 8. The minimum Gasteiger partial charge on any atom is -0.452 e. The third-order valence-electron chi connectivity index (χ3n) is 4.45. The summed E-state index contributed by atoms with van der Waals surface area (Å²) in [5.41, 5.74) is 1.18. The lowest BCUT2D eigenvalue weighted by atomic mass is 10.2. The molecule has 1 amide bonds. The maximum absolute atomic E-state index is 12.5. The Bertz CT molecular complexity index is 1390. The molecule has 0 atom stereocenters. The fourth-order valence-corrected chi connectivity index (χ4v) is 3.89. The molecule has 34 heavy (non-hydrogen) atoms. The van der Waals surface area contributed by atoms with Gasteiger partial charge in [0.05, 0.1) is 10.5 Å². The van der Waals surface area contributed by atoms with Gasteiger partial charge in [-0.1, -0.05) is 41.5 Å². The van der Waals surface area contributed by atoms with E-state index in [1.165, 1.54) is 24.3 Å². The average Bonchev–Trinajstić information content (AvgIpc) is 3.32. The summed E-state index contributed by atoms with van der Waals surface area (Å²) in [4.78, 5) is 24.2. The molecule has 0 aliphatic heterocycles. The van der Waals surface area contributed by atoms with Crippen molar-refractivity contribution in [1.29, 1.82) is 0 Å². The second kappa shape index (κ2) is 9.96. The molecule has 2 N–H and O–H groups in total. The number of carbonyl (C=O) groups is 2. The highest BCUT2D eigenvalue weighted by atomic mass is 32.2. The third-order valence-corrected chi connectivity index (χ3v) is 5.85. The highest BCUT2D eigenvalue weighted by Crippen LogP contribution is 2.19. The van der Waals surface area contributed by atoms with Crippen LogP contribution in [0.4, 0.5) is 11.7 Å². The molecule has 0 fully saturated rings. The molecule has 0 saturated carbocycles. The second-order valence-corrected chi connectivity index (χ2v) is 8.58. The summed E-state index contributed by atoms with van der Waals surface area (Å²) in [6, 6.07) is 22.4. The van der Waals surface area contributed by atoms with Gasteiger partial charge in [-0.25, -0.2) is 13.2 Å². The monoisotopic (exact) mass is 478 g/mol. The molecule has 1 aromatic heterocycles. The Labute approximate surface area is 194 Å². The van der Waals surface area contributed by atoms with Crippen molar-refractivity contribution in [3.05, 3.63) is 90.5 Å². The Morgan fingerprint density at radius 3 is 2.18 bits per heavy atom. The van der Waals surface area contributed by atoms with Gasteiger partial charge < -0.3 is 9.15 Å². The van der Waals surface area contributed by atoms with E-state index in [1.807, 2.05) is 6.07 Å². The van der Waals surface area contributed by atoms with Crippen molar-refractivity contribution >= 4 is 33.6 Å². The van der Waals surface area contributed by atoms with Crippen molar-refractivity contribution in [2.45, 2.75) is 4.90 Å². The Balaban J connectivity index is 1.31. The molecule has 3 aromatic carbocycles. The predicted octanol–water partition coefficient (Wildman–Crippen LogP) is 3.33. The molecule has 0 saturated heterocycles. The molecule has 10 nitrogen and oxygen atoms in total. The summed E-state index contributed by atoms with van der Waals surface area (Å²) in [6.45, 7) is -0.600. The number of amides is 1. The number of sulfonamides is 1. The van der Waals surface area contributed by atoms with E-state index < -0.39 is 28.5 Å². The molecule has 0 aliphatic carbocycles. The van der Waals surface area contributed by atoms with E-state index in [9.17, 15) is 18.0 Å². The molecule has 0 bridgehead atoms. The molecule has 0 spiro atoms. The molecule has 4 aromatic rings. The lowest BCUT2D eigenvalue weighted by molar-refractivity contribution is -0.119. The number of aromatic nitrogens is 2. The summed E-state index contributed by atoms with van der Waals surface area (Å²) < 4.78 is 37.7. The largest absolute Gasteiger partial charge is 0.452 e. The summed E-state index contributed by atoms with van der Waals surface area (Å²) >= 11 is 0. The first-order chi connectivity index (χ1) is 16.4. The number of anilines is 2. The van der Waals surface area contributed by atoms with Gasteiger partial charge in [-0.3, -0.25) is 14.8 Å². The predicted molar refractivity (Wildman–Crippen MR) is 122 cm³/mol. The van der Waals surface area contributed by atoms with Gasteiger partial charge in [0, 0.05) is 11.3 Å². The van der Waals surface area contributed by atoms with Crippen molar-refractivity contribution in [2.75, 3.05) is 16.6 Å². The summed E-state index contributed by atoms with van der Waals surface area (Å²) in [7, 11) is -3.82. The quantitative estimate of drug-likeness (QED) is 0.368. The number of benzene rings is 3. The minimum atomic E-state index is -3.82. The topological polar surface area (TPSA) is 140 Å². The fraction of sp³-hybridized carbons (Fsp3) is 0.0435. The highest BCUT2D eigenvalue weighted by Gasteiger charge is 2.17. The van der Waals surface area contributed by atoms with Crippen LogP contribution in [0.1, 0.15) is 10.4 Å². The van der Waals surface area contributed by atoms with Gasteiger partial charge >= 0.3 is 12.0 Å². The Morgan fingerprint density at radius 1 is 0.853 bits per heavy atom. The zero-order valence-electron chi connectivity index (χ0n) is 17.5. The second-order valence-electron chi connectivity index (χ2n) is 6.90. The van der Waals surface area contributed by atoms with Crippen LogP contribution in [0.25, 0.3) is 11.5 Å². The van der Waals surface area contributed by atoms with E-state index in [0.717, 1.165) is 0 Å². The number of esters is 1. The SMILES string of the molecule is O=C(COC(=O)c1ccc(S(=O)(=O)Nc2ccccc2)cc1)Nc1nnc(-c2ccccc2)o1. The number of para-hydroxylation sites is 1. The van der Waals surface area contributed by atoms with Crippen LogP contribution in [-0.4, -0.2) is 37.1 Å². The van der Waals surface area contributed by atoms with Crippen molar-refractivity contribution in [2.24, 2.45) is 0 Å². The van der Waals surface area contributed by atoms with E-state index in [2.05, 4.69) is 20.2 Å². The van der Waals surface area contributed by atoms with Gasteiger partial charge in [0.2, 0.25) is 5.89 Å². The maximum atomic E-state index is 12.5. The number of carbonyl (C=O) groups excluding carboxylic acids is 2. The maximum Gasteiger partial charge on any atom is 0.338 e. The highest BCUT2D eigenvalue weighted by molar-refractivity contribution is 7.92. The first kappa shape index (κ1) is 22.7. The molecule has 0 unspecified atom stereocenters. The Hall–Kier alpha value is -4.51. The minimum absolute atomic E-state index is 0.0312. The first-order valence-corrected chi connectivity index (χ1v) is 11.4. The third kappa shape index (κ3) is 5.64. The Morgan fingerprint density at radius 2 is 1.50 bits per heavy atom. The lowest BCUT2D eigenvalue weighted by Crippen LogP contribution is -2.21. The number of hydrogen-bond acceptors (Lipinski definition) is 8. The van der Waals surface area contributed by atoms with Gasteiger partial charge in [0.25, 0.3) is 15.9 Å². The van der Waals surface area contributed by atoms with Crippen LogP contribution in [-0.2, 0) is 19.6 Å². The van der Waals surface area contributed by atoms with E-state index in [1.54, 1.807) is 54.6 Å². The number of hydrogen-bond donors (Lipinski definition) is 2. The van der Waals surface area contributed by atoms with Crippen LogP contribution >= 0.6 is 0 Å². The zero-order valence-corrected chi connectivity index (χ0v) is 18.4. The first-order valence-electron chi connectivity index (χ1n) is 9.94. The van der Waals surface area contributed by atoms with Gasteiger partial charge in [-0.15, -0.1) is 5.10 Å². The smallest absolute Gasteiger partial charge is 0.338 e. The van der Waals surface area contributed by atoms with E-state index in [-0.39, 0.29) is 22.4 Å². The normalized spacial score (nSPS) is 10.9. The molecule has 172 valence electrons. The summed E-state index contributed by atoms with van der Waals surface area (Å²) in [5.74, 6) is -1.25. The van der Waals surface area contributed by atoms with Crippen LogP contribution in [0, 0.1) is 0 Å². The average molecular weight is 478 g/mol. The summed E-state index contributed by atoms with van der Waals surface area (Å²) in [6.07, 6.45) is 0. The number of nitrogens with one attached hydrogen (secondary N) is 2. The molecule has 11 heteroatoms. The van der Waals surface area contributed by atoms with Gasteiger partial charge in [-0.05, 0) is 48.5 Å². The van der Waals surface area contributed by atoms with Gasteiger partial charge in [-0.2, -0.15) is 0 Å². The molecular formula is C23H18N4O6S. The number of ether oxygens (including phenoxy) is 1. The van der Waals surface area contributed by atoms with E-state index in [0.29, 0.717) is 11.3 Å². The van der Waals surface area contributed by atoms with Crippen LogP contribution < -0.4 is 10.0 Å². The Kier molecular flexibility index (Phi) is 6.64. The van der Waals surface area contributed by atoms with Crippen LogP contribution in [0.5, 0.6) is 0 Å². The van der Waals surface area contributed by atoms with Crippen LogP contribution in [0.3, 0.4) is 0 Å².